The van der Waals surface area contributed by atoms with Crippen LogP contribution >= 0.6 is 0 Å². The summed E-state index contributed by atoms with van der Waals surface area (Å²) in [5.41, 5.74) is -1.66. The summed E-state index contributed by atoms with van der Waals surface area (Å²) >= 11 is 0. The summed E-state index contributed by atoms with van der Waals surface area (Å²) in [6.07, 6.45) is 1.74. The Labute approximate surface area is 388 Å². The van der Waals surface area contributed by atoms with Gasteiger partial charge in [0, 0.05) is 53.1 Å². The van der Waals surface area contributed by atoms with Gasteiger partial charge in [-0.2, -0.15) is 0 Å². The van der Waals surface area contributed by atoms with Gasteiger partial charge in [-0.1, -0.05) is 146 Å². The lowest BCUT2D eigenvalue weighted by Gasteiger charge is -2.27. The molecule has 2 heterocycles. The molecule has 0 radical (unpaired) electrons. The molecule has 308 valence electrons. The van der Waals surface area contributed by atoms with E-state index < -0.39 is 85.6 Å². The van der Waals surface area contributed by atoms with Crippen molar-refractivity contribution >= 4 is 11.0 Å². The van der Waals surface area contributed by atoms with E-state index >= 15 is 0 Å². The Hall–Kier alpha value is -6.26. The Kier molecular flexibility index (Phi) is 6.25. The predicted octanol–water partition coefficient (Wildman–Crippen LogP) is 15.3. The lowest BCUT2D eigenvalue weighted by molar-refractivity contribution is 0.446. The van der Waals surface area contributed by atoms with Crippen LogP contribution in [0.3, 0.4) is 0 Å². The van der Waals surface area contributed by atoms with Gasteiger partial charge in [0.15, 0.2) is 0 Å². The van der Waals surface area contributed by atoms with E-state index in [1.54, 1.807) is 48.7 Å². The van der Waals surface area contributed by atoms with Crippen molar-refractivity contribution in [3.63, 3.8) is 0 Å². The largest absolute Gasteiger partial charge is 0.507 e. The molecule has 0 spiro atoms. The molecule has 4 nitrogen and oxygen atoms in total. The number of para-hydroxylation sites is 1. The SMILES string of the molecule is [2H]C([2H])([2H])C(c1cc(-c2nc3c(-c4cc(-c5cc(-c6c(C)cccc6C)ccn5)cc(C(C)(C)C)c4)cccc3n2-c2ccc(C)cc2-c2ccccc2)c(O)c(C(C([2H])([2H])[2H])(C([2H])([2H])[2H])C([2H])([2H])[2H])c1)(C([2H])([2H])[2H])C([2H])([2H])[2H]. The minimum Gasteiger partial charge on any atom is -0.507 e. The highest BCUT2D eigenvalue weighted by Crippen LogP contribution is 2.46. The van der Waals surface area contributed by atoms with Gasteiger partial charge >= 0.3 is 0 Å². The fourth-order valence-corrected chi connectivity index (χ4v) is 8.14. The number of rotatable bonds is 6. The highest BCUT2D eigenvalue weighted by molar-refractivity contribution is 5.98. The maximum atomic E-state index is 13.0. The minimum absolute atomic E-state index is 0.195. The fraction of sp³-hybridized carbons (Fsp3) is 0.263. The molecule has 0 aliphatic rings. The van der Waals surface area contributed by atoms with Gasteiger partial charge in [-0.15, -0.1) is 0 Å². The average Bonchev–Trinajstić information content (AvgIpc) is 3.71. The molecule has 0 amide bonds. The van der Waals surface area contributed by atoms with Crippen molar-refractivity contribution in [2.75, 3.05) is 0 Å². The van der Waals surface area contributed by atoms with E-state index in [0.29, 0.717) is 45.2 Å². The minimum atomic E-state index is -4.13. The van der Waals surface area contributed by atoms with Gasteiger partial charge in [-0.3, -0.25) is 9.55 Å². The molecular weight excluding hydrogens is 743 g/mol. The second-order valence-corrected chi connectivity index (χ2v) is 17.0. The third-order valence-electron chi connectivity index (χ3n) is 11.3. The van der Waals surface area contributed by atoms with Crippen molar-refractivity contribution in [3.05, 3.63) is 167 Å². The van der Waals surface area contributed by atoms with E-state index in [2.05, 4.69) is 20.8 Å². The van der Waals surface area contributed by atoms with Crippen molar-refractivity contribution in [1.29, 1.82) is 0 Å². The van der Waals surface area contributed by atoms with Gasteiger partial charge < -0.3 is 5.11 Å². The zero-order valence-electron chi connectivity index (χ0n) is 53.0. The smallest absolute Gasteiger partial charge is 0.149 e. The molecule has 8 rings (SSSR count). The van der Waals surface area contributed by atoms with E-state index in [0.717, 1.165) is 45.0 Å². The quantitative estimate of drug-likeness (QED) is 0.182. The van der Waals surface area contributed by atoms with Crippen molar-refractivity contribution in [3.8, 4) is 67.5 Å². The Morgan fingerprint density at radius 2 is 1.25 bits per heavy atom. The normalized spacial score (nSPS) is 17.9. The number of aromatic nitrogens is 3. The maximum Gasteiger partial charge on any atom is 0.149 e. The molecule has 6 aromatic carbocycles. The number of aryl methyl sites for hydroxylation is 3. The number of phenolic OH excluding ortho intramolecular Hbond substituents is 1. The zero-order valence-corrected chi connectivity index (χ0v) is 35.0. The number of phenols is 1. The van der Waals surface area contributed by atoms with Crippen LogP contribution in [0, 0.1) is 20.8 Å². The number of aromatic hydroxyl groups is 1. The second kappa shape index (κ2) is 15.3. The Balaban J connectivity index is 1.60. The van der Waals surface area contributed by atoms with Crippen LogP contribution in [0.15, 0.2) is 134 Å². The molecule has 0 aliphatic heterocycles. The fourth-order valence-electron chi connectivity index (χ4n) is 8.14. The third kappa shape index (κ3) is 7.92. The summed E-state index contributed by atoms with van der Waals surface area (Å²) in [5, 5.41) is 13.0. The zero-order chi connectivity index (χ0) is 58.6. The Morgan fingerprint density at radius 3 is 1.95 bits per heavy atom. The third-order valence-corrected chi connectivity index (χ3v) is 11.3. The van der Waals surface area contributed by atoms with Crippen LogP contribution in [0.5, 0.6) is 5.75 Å². The number of imidazole rings is 1. The molecule has 0 fully saturated rings. The van der Waals surface area contributed by atoms with Gasteiger partial charge in [0.25, 0.3) is 0 Å². The molecule has 0 bridgehead atoms. The monoisotopic (exact) mass is 820 g/mol. The molecule has 4 heteroatoms. The Bertz CT molecular complexity index is 3540. The van der Waals surface area contributed by atoms with Crippen LogP contribution < -0.4 is 0 Å². The molecule has 8 aromatic rings. The van der Waals surface area contributed by atoms with Crippen molar-refractivity contribution in [1.82, 2.24) is 14.5 Å². The number of hydrogen-bond donors (Lipinski definition) is 1. The molecule has 2 aromatic heterocycles. The predicted molar refractivity (Wildman–Crippen MR) is 258 cm³/mol. The lowest BCUT2D eigenvalue weighted by atomic mass is 9.79. The summed E-state index contributed by atoms with van der Waals surface area (Å²) in [6.45, 7) is -12.4. The van der Waals surface area contributed by atoms with E-state index in [-0.39, 0.29) is 5.52 Å². The molecule has 0 unspecified atom stereocenters. The molecule has 0 atom stereocenters. The average molecular weight is 820 g/mol. The number of hydrogen-bond acceptors (Lipinski definition) is 3. The molecule has 0 saturated carbocycles. The van der Waals surface area contributed by atoms with Crippen LogP contribution in [-0.2, 0) is 16.2 Å². The van der Waals surface area contributed by atoms with E-state index in [1.165, 1.54) is 4.57 Å². The van der Waals surface area contributed by atoms with Crippen LogP contribution in [-0.4, -0.2) is 19.6 Å². The topological polar surface area (TPSA) is 50.9 Å². The van der Waals surface area contributed by atoms with Crippen molar-refractivity contribution < 1.29 is 29.8 Å². The van der Waals surface area contributed by atoms with Gasteiger partial charge in [-0.05, 0) is 130 Å². The highest BCUT2D eigenvalue weighted by Gasteiger charge is 2.29. The summed E-state index contributed by atoms with van der Waals surface area (Å²) in [4.78, 5) is 10.0. The van der Waals surface area contributed by atoms with E-state index in [9.17, 15) is 5.11 Å². The molecular formula is C57H59N3O. The first-order valence-corrected chi connectivity index (χ1v) is 20.0. The number of pyridine rings is 1. The van der Waals surface area contributed by atoms with E-state index in [4.69, 9.17) is 34.6 Å². The Morgan fingerprint density at radius 1 is 0.557 bits per heavy atom. The first-order chi connectivity index (χ1) is 36.3. The first kappa shape index (κ1) is 24.9. The summed E-state index contributed by atoms with van der Waals surface area (Å²) in [5.74, 6) is -1.74. The van der Waals surface area contributed by atoms with Crippen LogP contribution in [0.25, 0.3) is 72.7 Å². The van der Waals surface area contributed by atoms with Crippen molar-refractivity contribution in [2.24, 2.45) is 0 Å². The van der Waals surface area contributed by atoms with Crippen molar-refractivity contribution in [2.45, 2.75) is 98.9 Å². The van der Waals surface area contributed by atoms with Gasteiger partial charge in [-0.25, -0.2) is 4.98 Å². The summed E-state index contributed by atoms with van der Waals surface area (Å²) in [6, 6.07) is 36.7. The highest BCUT2D eigenvalue weighted by atomic mass is 16.3. The number of nitrogens with zero attached hydrogens (tertiary/aromatic N) is 3. The number of benzene rings is 6. The molecule has 61 heavy (non-hydrogen) atoms. The van der Waals surface area contributed by atoms with Crippen LogP contribution in [0.2, 0.25) is 0 Å². The first-order valence-electron chi connectivity index (χ1n) is 29.0. The van der Waals surface area contributed by atoms with Gasteiger partial charge in [0.2, 0.25) is 0 Å². The van der Waals surface area contributed by atoms with Crippen LogP contribution in [0.1, 0.15) is 120 Å². The number of fused-ring (bicyclic) bond motifs is 1. The lowest BCUT2D eigenvalue weighted by Crippen LogP contribution is -2.17. The molecule has 1 N–H and O–H groups in total. The standard InChI is InChI=1S/C57H59N3O/c1-35-24-25-49(45(28-35)38-20-14-13-15-21-38)60-50-23-17-22-44(52(50)59-54(60)46-33-43(56(7,8)9)34-47(53(46)61)57(10,11)12)40-29-41(31-42(30-40)55(4,5)6)48-32-39(26-27-58-48)51-36(2)18-16-19-37(51)3/h13-34,61H,1-12H3/i7D3,8D3,9D3,10D3,11D3,12D3. The second-order valence-electron chi connectivity index (χ2n) is 17.0. The molecule has 0 saturated heterocycles. The van der Waals surface area contributed by atoms with Gasteiger partial charge in [0.05, 0.1) is 28.0 Å². The van der Waals surface area contributed by atoms with Crippen LogP contribution in [0.4, 0.5) is 0 Å². The summed E-state index contributed by atoms with van der Waals surface area (Å²) < 4.78 is 159. The summed E-state index contributed by atoms with van der Waals surface area (Å²) in [7, 11) is 0. The van der Waals surface area contributed by atoms with E-state index in [1.807, 2.05) is 93.6 Å². The molecule has 0 aliphatic carbocycles. The van der Waals surface area contributed by atoms with Gasteiger partial charge in [0.1, 0.15) is 11.6 Å². The maximum absolute atomic E-state index is 13.0.